The Labute approximate surface area is 119 Å². The van der Waals surface area contributed by atoms with Crippen molar-refractivity contribution in [3.63, 3.8) is 0 Å². The van der Waals surface area contributed by atoms with Gasteiger partial charge in [-0.2, -0.15) is 0 Å². The first-order chi connectivity index (χ1) is 8.97. The predicted molar refractivity (Wildman–Crippen MR) is 73.9 cm³/mol. The Morgan fingerprint density at radius 3 is 2.58 bits per heavy atom. The number of benzene rings is 2. The lowest BCUT2D eigenvalue weighted by Gasteiger charge is -2.13. The first-order valence-corrected chi connectivity index (χ1v) is 6.64. The van der Waals surface area contributed by atoms with E-state index in [-0.39, 0.29) is 12.2 Å². The molecule has 0 amide bonds. The highest BCUT2D eigenvalue weighted by Gasteiger charge is 2.12. The summed E-state index contributed by atoms with van der Waals surface area (Å²) in [6.07, 6.45) is -0.604. The molecule has 1 unspecified atom stereocenters. The molecule has 1 N–H and O–H groups in total. The molecule has 4 heteroatoms. The summed E-state index contributed by atoms with van der Waals surface area (Å²) in [5.74, 6) is -0.762. The largest absolute Gasteiger partial charge is 0.388 e. The van der Waals surface area contributed by atoms with Crippen LogP contribution in [0.15, 0.2) is 40.9 Å². The normalized spacial score (nSPS) is 12.5. The zero-order chi connectivity index (χ0) is 14.0. The van der Waals surface area contributed by atoms with E-state index in [1.165, 1.54) is 18.2 Å². The standard InChI is InChI=1S/C15H13BrF2O/c1-9-2-4-12(17)6-11(9)8-15(19)10-3-5-13(16)14(18)7-10/h2-7,15,19H,8H2,1H3. The second kappa shape index (κ2) is 5.80. The van der Waals surface area contributed by atoms with E-state index in [0.29, 0.717) is 10.0 Å². The molecular formula is C15H13BrF2O. The van der Waals surface area contributed by atoms with Crippen LogP contribution in [-0.2, 0) is 6.42 Å². The summed E-state index contributed by atoms with van der Waals surface area (Å²) < 4.78 is 26.9. The van der Waals surface area contributed by atoms with Gasteiger partial charge in [0.25, 0.3) is 0 Å². The lowest BCUT2D eigenvalue weighted by Crippen LogP contribution is -2.04. The molecule has 2 aromatic carbocycles. The summed E-state index contributed by atoms with van der Waals surface area (Å²) in [5, 5.41) is 10.1. The lowest BCUT2D eigenvalue weighted by atomic mass is 9.98. The zero-order valence-corrected chi connectivity index (χ0v) is 11.9. The maximum absolute atomic E-state index is 13.4. The monoisotopic (exact) mass is 326 g/mol. The van der Waals surface area contributed by atoms with E-state index in [1.54, 1.807) is 18.2 Å². The molecule has 0 saturated heterocycles. The van der Waals surface area contributed by atoms with Crippen LogP contribution in [0.4, 0.5) is 8.78 Å². The van der Waals surface area contributed by atoms with Gasteiger partial charge in [-0.1, -0.05) is 12.1 Å². The van der Waals surface area contributed by atoms with Crippen molar-refractivity contribution in [3.8, 4) is 0 Å². The van der Waals surface area contributed by atoms with Gasteiger partial charge in [-0.15, -0.1) is 0 Å². The van der Waals surface area contributed by atoms with E-state index in [0.717, 1.165) is 11.1 Å². The first-order valence-electron chi connectivity index (χ1n) is 5.85. The van der Waals surface area contributed by atoms with Crippen LogP contribution in [0.2, 0.25) is 0 Å². The molecule has 1 atom stereocenters. The third-order valence-corrected chi connectivity index (χ3v) is 3.70. The van der Waals surface area contributed by atoms with E-state index >= 15 is 0 Å². The van der Waals surface area contributed by atoms with Crippen LogP contribution in [0.3, 0.4) is 0 Å². The molecule has 0 heterocycles. The van der Waals surface area contributed by atoms with Crippen molar-refractivity contribution >= 4 is 15.9 Å². The van der Waals surface area contributed by atoms with Crippen molar-refractivity contribution in [1.29, 1.82) is 0 Å². The smallest absolute Gasteiger partial charge is 0.137 e. The molecule has 2 aromatic rings. The topological polar surface area (TPSA) is 20.2 Å². The minimum atomic E-state index is -0.858. The van der Waals surface area contributed by atoms with Gasteiger partial charge in [0, 0.05) is 6.42 Å². The third-order valence-electron chi connectivity index (χ3n) is 3.05. The highest BCUT2D eigenvalue weighted by atomic mass is 79.9. The molecule has 1 nitrogen and oxygen atoms in total. The first kappa shape index (κ1) is 14.2. The summed E-state index contributed by atoms with van der Waals surface area (Å²) in [5.41, 5.74) is 2.10. The van der Waals surface area contributed by atoms with E-state index in [4.69, 9.17) is 0 Å². The van der Waals surface area contributed by atoms with Gasteiger partial charge in [-0.05, 0) is 63.8 Å². The molecular weight excluding hydrogens is 314 g/mol. The second-order valence-electron chi connectivity index (χ2n) is 4.46. The predicted octanol–water partition coefficient (Wildman–Crippen LogP) is 4.31. The van der Waals surface area contributed by atoms with Crippen molar-refractivity contribution in [2.75, 3.05) is 0 Å². The maximum atomic E-state index is 13.4. The number of aryl methyl sites for hydroxylation is 1. The van der Waals surface area contributed by atoms with Crippen molar-refractivity contribution in [2.45, 2.75) is 19.4 Å². The average molecular weight is 327 g/mol. The highest BCUT2D eigenvalue weighted by Crippen LogP contribution is 2.24. The highest BCUT2D eigenvalue weighted by molar-refractivity contribution is 9.10. The van der Waals surface area contributed by atoms with Gasteiger partial charge in [-0.3, -0.25) is 0 Å². The molecule has 2 rings (SSSR count). The Balaban J connectivity index is 2.22. The number of aliphatic hydroxyl groups is 1. The molecule has 0 spiro atoms. The van der Waals surface area contributed by atoms with Crippen molar-refractivity contribution in [3.05, 3.63) is 69.2 Å². The molecule has 19 heavy (non-hydrogen) atoms. The number of halogens is 3. The maximum Gasteiger partial charge on any atom is 0.137 e. The molecule has 0 fully saturated rings. The summed E-state index contributed by atoms with van der Waals surface area (Å²) in [6.45, 7) is 1.85. The molecule has 0 aliphatic rings. The summed E-state index contributed by atoms with van der Waals surface area (Å²) in [7, 11) is 0. The molecule has 0 aromatic heterocycles. The van der Waals surface area contributed by atoms with Gasteiger partial charge in [0.1, 0.15) is 11.6 Å². The van der Waals surface area contributed by atoms with Crippen LogP contribution in [0.25, 0.3) is 0 Å². The third kappa shape index (κ3) is 3.39. The van der Waals surface area contributed by atoms with Gasteiger partial charge in [0.15, 0.2) is 0 Å². The van der Waals surface area contributed by atoms with E-state index < -0.39 is 11.9 Å². The quantitative estimate of drug-likeness (QED) is 0.891. The molecule has 0 bridgehead atoms. The number of rotatable bonds is 3. The fourth-order valence-electron chi connectivity index (χ4n) is 1.91. The number of hydrogen-bond acceptors (Lipinski definition) is 1. The van der Waals surface area contributed by atoms with E-state index in [1.807, 2.05) is 6.92 Å². The van der Waals surface area contributed by atoms with Crippen LogP contribution < -0.4 is 0 Å². The Bertz CT molecular complexity index is 599. The minimum Gasteiger partial charge on any atom is -0.388 e. The van der Waals surface area contributed by atoms with E-state index in [9.17, 15) is 13.9 Å². The van der Waals surface area contributed by atoms with Crippen LogP contribution in [0.1, 0.15) is 22.8 Å². The Morgan fingerprint density at radius 1 is 1.16 bits per heavy atom. The molecule has 0 saturated carbocycles. The van der Waals surface area contributed by atoms with Crippen LogP contribution in [0, 0.1) is 18.6 Å². The average Bonchev–Trinajstić information content (AvgIpc) is 2.37. The minimum absolute atomic E-state index is 0.255. The fraction of sp³-hybridized carbons (Fsp3) is 0.200. The Morgan fingerprint density at radius 2 is 1.89 bits per heavy atom. The van der Waals surface area contributed by atoms with Crippen molar-refractivity contribution < 1.29 is 13.9 Å². The van der Waals surface area contributed by atoms with Gasteiger partial charge >= 0.3 is 0 Å². The van der Waals surface area contributed by atoms with Gasteiger partial charge in [-0.25, -0.2) is 8.78 Å². The van der Waals surface area contributed by atoms with Crippen LogP contribution >= 0.6 is 15.9 Å². The zero-order valence-electron chi connectivity index (χ0n) is 10.3. The molecule has 0 aliphatic heterocycles. The van der Waals surface area contributed by atoms with E-state index in [2.05, 4.69) is 15.9 Å². The number of hydrogen-bond donors (Lipinski definition) is 1. The molecule has 0 radical (unpaired) electrons. The second-order valence-corrected chi connectivity index (χ2v) is 5.32. The number of aliphatic hydroxyl groups excluding tert-OH is 1. The summed E-state index contributed by atoms with van der Waals surface area (Å²) >= 11 is 3.06. The van der Waals surface area contributed by atoms with Crippen LogP contribution in [0.5, 0.6) is 0 Å². The van der Waals surface area contributed by atoms with Gasteiger partial charge in [0.2, 0.25) is 0 Å². The summed E-state index contributed by atoms with van der Waals surface area (Å²) in [4.78, 5) is 0. The SMILES string of the molecule is Cc1ccc(F)cc1CC(O)c1ccc(Br)c(F)c1. The molecule has 100 valence electrons. The van der Waals surface area contributed by atoms with Crippen molar-refractivity contribution in [2.24, 2.45) is 0 Å². The Kier molecular flexibility index (Phi) is 4.32. The Hall–Kier alpha value is -1.26. The van der Waals surface area contributed by atoms with Crippen molar-refractivity contribution in [1.82, 2.24) is 0 Å². The van der Waals surface area contributed by atoms with Gasteiger partial charge < -0.3 is 5.11 Å². The van der Waals surface area contributed by atoms with Crippen LogP contribution in [-0.4, -0.2) is 5.11 Å². The fourth-order valence-corrected chi connectivity index (χ4v) is 2.15. The lowest BCUT2D eigenvalue weighted by molar-refractivity contribution is 0.177. The molecule has 0 aliphatic carbocycles. The van der Waals surface area contributed by atoms with Gasteiger partial charge in [0.05, 0.1) is 10.6 Å². The summed E-state index contributed by atoms with van der Waals surface area (Å²) in [6, 6.07) is 8.92.